The number of para-hydroxylation sites is 1. The molecule has 2 amide bonds. The van der Waals surface area contributed by atoms with E-state index in [0.717, 1.165) is 10.9 Å². The summed E-state index contributed by atoms with van der Waals surface area (Å²) >= 11 is 0. The van der Waals surface area contributed by atoms with E-state index in [0.29, 0.717) is 5.56 Å². The quantitative estimate of drug-likeness (QED) is 0.616. The number of aliphatic hydroxyl groups is 1. The number of aliphatic hydroxyl groups excluding tert-OH is 1. The summed E-state index contributed by atoms with van der Waals surface area (Å²) in [5, 5.41) is 25.1. The minimum absolute atomic E-state index is 0.107. The number of anilines is 1. The lowest BCUT2D eigenvalue weighted by molar-refractivity contribution is -0.136. The zero-order valence-electron chi connectivity index (χ0n) is 14.6. The maximum atomic E-state index is 12.0. The van der Waals surface area contributed by atoms with Crippen LogP contribution >= 0.6 is 0 Å². The molecule has 0 aliphatic rings. The lowest BCUT2D eigenvalue weighted by atomic mass is 10.1. The number of benzene rings is 2. The van der Waals surface area contributed by atoms with Crippen molar-refractivity contribution in [3.63, 3.8) is 0 Å². The van der Waals surface area contributed by atoms with Gasteiger partial charge in [0.25, 0.3) is 0 Å². The molecule has 0 spiro atoms. The summed E-state index contributed by atoms with van der Waals surface area (Å²) < 4.78 is 1.97. The molecule has 3 N–H and O–H groups in total. The summed E-state index contributed by atoms with van der Waals surface area (Å²) in [5.41, 5.74) is 2.19. The second-order valence-corrected chi connectivity index (χ2v) is 6.08. The van der Waals surface area contributed by atoms with Crippen LogP contribution in [0.3, 0.4) is 0 Å². The van der Waals surface area contributed by atoms with E-state index in [9.17, 15) is 14.7 Å². The van der Waals surface area contributed by atoms with Crippen molar-refractivity contribution in [1.82, 2.24) is 9.88 Å². The van der Waals surface area contributed by atoms with E-state index in [1.165, 1.54) is 12.1 Å². The van der Waals surface area contributed by atoms with Gasteiger partial charge < -0.3 is 20.3 Å². The Morgan fingerprint density at radius 3 is 2.74 bits per heavy atom. The third-order valence-corrected chi connectivity index (χ3v) is 4.25. The summed E-state index contributed by atoms with van der Waals surface area (Å²) in [7, 11) is 1.93. The SMILES string of the molecule is Cn1ccc2cc(C(O)CNC(=O)C(=O)Nc3ccccc3C#N)ccc21. The van der Waals surface area contributed by atoms with Crippen molar-refractivity contribution in [3.8, 4) is 6.07 Å². The predicted molar refractivity (Wildman–Crippen MR) is 101 cm³/mol. The summed E-state index contributed by atoms with van der Waals surface area (Å²) in [4.78, 5) is 24.0. The van der Waals surface area contributed by atoms with Gasteiger partial charge in [-0.15, -0.1) is 0 Å². The molecule has 7 nitrogen and oxygen atoms in total. The smallest absolute Gasteiger partial charge is 0.313 e. The molecule has 7 heteroatoms. The van der Waals surface area contributed by atoms with Crippen molar-refractivity contribution in [2.45, 2.75) is 6.10 Å². The normalized spacial score (nSPS) is 11.6. The van der Waals surface area contributed by atoms with Gasteiger partial charge in [0.15, 0.2) is 0 Å². The van der Waals surface area contributed by atoms with Crippen LogP contribution in [-0.2, 0) is 16.6 Å². The molecule has 1 aromatic heterocycles. The third kappa shape index (κ3) is 3.97. The molecule has 0 fully saturated rings. The Bertz CT molecular complexity index is 1050. The summed E-state index contributed by atoms with van der Waals surface area (Å²) in [6.07, 6.45) is 0.976. The van der Waals surface area contributed by atoms with E-state index in [2.05, 4.69) is 10.6 Å². The first-order valence-corrected chi connectivity index (χ1v) is 8.31. The highest BCUT2D eigenvalue weighted by Crippen LogP contribution is 2.20. The van der Waals surface area contributed by atoms with Crippen molar-refractivity contribution >= 4 is 28.4 Å². The van der Waals surface area contributed by atoms with Crippen LogP contribution in [-0.4, -0.2) is 28.0 Å². The van der Waals surface area contributed by atoms with Crippen molar-refractivity contribution in [3.05, 3.63) is 65.9 Å². The molecule has 0 aliphatic heterocycles. The number of fused-ring (bicyclic) bond motifs is 1. The number of aryl methyl sites for hydroxylation is 1. The Balaban J connectivity index is 1.60. The topological polar surface area (TPSA) is 107 Å². The largest absolute Gasteiger partial charge is 0.387 e. The van der Waals surface area contributed by atoms with Crippen molar-refractivity contribution in [2.75, 3.05) is 11.9 Å². The number of nitriles is 1. The van der Waals surface area contributed by atoms with E-state index in [-0.39, 0.29) is 17.8 Å². The molecule has 0 radical (unpaired) electrons. The van der Waals surface area contributed by atoms with E-state index < -0.39 is 17.9 Å². The number of amides is 2. The molecule has 2 aromatic carbocycles. The van der Waals surface area contributed by atoms with Gasteiger partial charge in [-0.1, -0.05) is 18.2 Å². The van der Waals surface area contributed by atoms with Gasteiger partial charge in [0, 0.05) is 25.3 Å². The highest BCUT2D eigenvalue weighted by molar-refractivity contribution is 6.39. The molecular formula is C20H18N4O3. The Hall–Kier alpha value is -3.63. The maximum absolute atomic E-state index is 12.0. The third-order valence-electron chi connectivity index (χ3n) is 4.25. The van der Waals surface area contributed by atoms with Gasteiger partial charge in [-0.3, -0.25) is 9.59 Å². The molecule has 0 bridgehead atoms. The van der Waals surface area contributed by atoms with Crippen LogP contribution in [0.2, 0.25) is 0 Å². The van der Waals surface area contributed by atoms with Gasteiger partial charge in [-0.25, -0.2) is 0 Å². The average Bonchev–Trinajstić information content (AvgIpc) is 3.06. The Morgan fingerprint density at radius 2 is 1.96 bits per heavy atom. The molecule has 1 atom stereocenters. The average molecular weight is 362 g/mol. The van der Waals surface area contributed by atoms with Gasteiger partial charge in [0.2, 0.25) is 0 Å². The molecule has 136 valence electrons. The number of carbonyl (C=O) groups excluding carboxylic acids is 2. The summed E-state index contributed by atoms with van der Waals surface area (Å²) in [6, 6.07) is 15.8. The first kappa shape index (κ1) is 18.2. The number of nitrogens with zero attached hydrogens (tertiary/aromatic N) is 2. The predicted octanol–water partition coefficient (Wildman–Crippen LogP) is 1.84. The molecule has 27 heavy (non-hydrogen) atoms. The number of carbonyl (C=O) groups is 2. The van der Waals surface area contributed by atoms with E-state index in [1.807, 2.05) is 42.1 Å². The molecule has 3 rings (SSSR count). The lowest BCUT2D eigenvalue weighted by Crippen LogP contribution is -2.37. The van der Waals surface area contributed by atoms with Gasteiger partial charge in [0.05, 0.1) is 17.4 Å². The zero-order chi connectivity index (χ0) is 19.4. The number of hydrogen-bond donors (Lipinski definition) is 3. The van der Waals surface area contributed by atoms with Crippen LogP contribution in [0, 0.1) is 11.3 Å². The number of aromatic nitrogens is 1. The van der Waals surface area contributed by atoms with Crippen molar-refractivity contribution < 1.29 is 14.7 Å². The highest BCUT2D eigenvalue weighted by Gasteiger charge is 2.17. The molecule has 0 saturated carbocycles. The highest BCUT2D eigenvalue weighted by atomic mass is 16.3. The van der Waals surface area contributed by atoms with Crippen LogP contribution in [0.5, 0.6) is 0 Å². The fraction of sp³-hybridized carbons (Fsp3) is 0.150. The molecule has 1 unspecified atom stereocenters. The van der Waals surface area contributed by atoms with Gasteiger partial charge in [-0.05, 0) is 41.3 Å². The first-order chi connectivity index (χ1) is 13.0. The fourth-order valence-electron chi connectivity index (χ4n) is 2.76. The molecule has 0 saturated heterocycles. The van der Waals surface area contributed by atoms with Crippen molar-refractivity contribution in [2.24, 2.45) is 7.05 Å². The minimum atomic E-state index is -0.947. The van der Waals surface area contributed by atoms with E-state index in [4.69, 9.17) is 5.26 Å². The van der Waals surface area contributed by atoms with Crippen LogP contribution in [0.15, 0.2) is 54.7 Å². The fourth-order valence-corrected chi connectivity index (χ4v) is 2.76. The number of rotatable bonds is 4. The lowest BCUT2D eigenvalue weighted by Gasteiger charge is -2.13. The van der Waals surface area contributed by atoms with Gasteiger partial charge in [0.1, 0.15) is 6.07 Å². The molecular weight excluding hydrogens is 344 g/mol. The zero-order valence-corrected chi connectivity index (χ0v) is 14.6. The monoisotopic (exact) mass is 362 g/mol. The second kappa shape index (κ2) is 7.72. The van der Waals surface area contributed by atoms with E-state index >= 15 is 0 Å². The second-order valence-electron chi connectivity index (χ2n) is 6.08. The van der Waals surface area contributed by atoms with Crippen LogP contribution in [0.1, 0.15) is 17.2 Å². The van der Waals surface area contributed by atoms with Crippen LogP contribution < -0.4 is 10.6 Å². The maximum Gasteiger partial charge on any atom is 0.313 e. The summed E-state index contributed by atoms with van der Waals surface area (Å²) in [6.45, 7) is -0.107. The molecule has 0 aliphatic carbocycles. The molecule has 1 heterocycles. The van der Waals surface area contributed by atoms with Crippen LogP contribution in [0.25, 0.3) is 10.9 Å². The number of nitrogens with one attached hydrogen (secondary N) is 2. The Morgan fingerprint density at radius 1 is 1.19 bits per heavy atom. The first-order valence-electron chi connectivity index (χ1n) is 8.31. The summed E-state index contributed by atoms with van der Waals surface area (Å²) in [5.74, 6) is -1.79. The van der Waals surface area contributed by atoms with Gasteiger partial charge >= 0.3 is 11.8 Å². The van der Waals surface area contributed by atoms with Gasteiger partial charge in [-0.2, -0.15) is 5.26 Å². The standard InChI is InChI=1S/C20H18N4O3/c1-24-9-8-13-10-14(6-7-17(13)24)18(25)12-22-19(26)20(27)23-16-5-3-2-4-15(16)11-21/h2-10,18,25H,12H2,1H3,(H,22,26)(H,23,27). The van der Waals surface area contributed by atoms with Crippen LogP contribution in [0.4, 0.5) is 5.69 Å². The van der Waals surface area contributed by atoms with Crippen molar-refractivity contribution in [1.29, 1.82) is 5.26 Å². The Labute approximate surface area is 155 Å². The van der Waals surface area contributed by atoms with E-state index in [1.54, 1.807) is 18.2 Å². The molecule has 3 aromatic rings. The minimum Gasteiger partial charge on any atom is -0.387 e. The Kier molecular flexibility index (Phi) is 5.20. The number of hydrogen-bond acceptors (Lipinski definition) is 4.